The molecule has 2 rings (SSSR count). The molecule has 74 valence electrons. The Bertz CT molecular complexity index is 560. The van der Waals surface area contributed by atoms with Crippen LogP contribution in [0.2, 0.25) is 0 Å². The van der Waals surface area contributed by atoms with Gasteiger partial charge in [0, 0.05) is 17.8 Å². The lowest BCUT2D eigenvalue weighted by Crippen LogP contribution is -2.05. The van der Waals surface area contributed by atoms with Crippen LogP contribution in [0.5, 0.6) is 0 Å². The van der Waals surface area contributed by atoms with Crippen molar-refractivity contribution in [3.8, 4) is 6.07 Å². The Morgan fingerprint density at radius 2 is 2.20 bits per heavy atom. The number of nitriles is 1. The van der Waals surface area contributed by atoms with Gasteiger partial charge in [-0.2, -0.15) is 5.26 Å². The summed E-state index contributed by atoms with van der Waals surface area (Å²) in [7, 11) is 0. The number of hydrogen-bond donors (Lipinski definition) is 0. The van der Waals surface area contributed by atoms with Crippen molar-refractivity contribution in [2.75, 3.05) is 0 Å². The number of fused-ring (bicyclic) bond motifs is 1. The Hall–Kier alpha value is -2.08. The topological polar surface area (TPSA) is 45.8 Å². The summed E-state index contributed by atoms with van der Waals surface area (Å²) < 4.78 is 1.75. The SMILES string of the molecule is CC(=O)c1cc2ccccc2n1CC#N. The van der Waals surface area contributed by atoms with Crippen LogP contribution in [0.4, 0.5) is 0 Å². The highest BCUT2D eigenvalue weighted by Crippen LogP contribution is 2.19. The molecule has 0 aliphatic carbocycles. The standard InChI is InChI=1S/C12H10N2O/c1-9(15)12-8-10-4-2-3-5-11(10)14(12)7-6-13/h2-5,8H,7H2,1H3. The molecule has 3 nitrogen and oxygen atoms in total. The molecule has 0 unspecified atom stereocenters. The number of para-hydroxylation sites is 1. The average Bonchev–Trinajstić information content (AvgIpc) is 2.58. The van der Waals surface area contributed by atoms with E-state index in [2.05, 4.69) is 6.07 Å². The van der Waals surface area contributed by atoms with Crippen LogP contribution < -0.4 is 0 Å². The molecular weight excluding hydrogens is 188 g/mol. The lowest BCUT2D eigenvalue weighted by molar-refractivity contribution is 0.101. The number of hydrogen-bond acceptors (Lipinski definition) is 2. The third kappa shape index (κ3) is 1.50. The molecule has 0 saturated carbocycles. The zero-order valence-electron chi connectivity index (χ0n) is 8.40. The fourth-order valence-corrected chi connectivity index (χ4v) is 1.74. The summed E-state index contributed by atoms with van der Waals surface area (Å²) in [6, 6.07) is 11.6. The maximum Gasteiger partial charge on any atom is 0.176 e. The second-order valence-electron chi connectivity index (χ2n) is 3.39. The minimum atomic E-state index is -0.0125. The summed E-state index contributed by atoms with van der Waals surface area (Å²) in [6.45, 7) is 1.73. The van der Waals surface area contributed by atoms with Gasteiger partial charge in [-0.05, 0) is 12.1 Å². The van der Waals surface area contributed by atoms with Gasteiger partial charge in [-0.1, -0.05) is 18.2 Å². The molecule has 0 amide bonds. The van der Waals surface area contributed by atoms with Crippen LogP contribution in [0, 0.1) is 11.3 Å². The summed E-state index contributed by atoms with van der Waals surface area (Å²) in [4.78, 5) is 11.4. The molecule has 0 spiro atoms. The van der Waals surface area contributed by atoms with E-state index in [1.807, 2.05) is 30.3 Å². The Balaban J connectivity index is 2.75. The Labute approximate surface area is 87.5 Å². The van der Waals surface area contributed by atoms with Crippen molar-refractivity contribution in [1.82, 2.24) is 4.57 Å². The molecule has 0 fully saturated rings. The molecule has 15 heavy (non-hydrogen) atoms. The van der Waals surface area contributed by atoms with Crippen molar-refractivity contribution in [2.45, 2.75) is 13.5 Å². The minimum absolute atomic E-state index is 0.0125. The fourth-order valence-electron chi connectivity index (χ4n) is 1.74. The third-order valence-electron chi connectivity index (χ3n) is 2.40. The van der Waals surface area contributed by atoms with E-state index in [4.69, 9.17) is 5.26 Å². The first-order valence-electron chi connectivity index (χ1n) is 4.70. The first-order valence-corrected chi connectivity index (χ1v) is 4.70. The lowest BCUT2D eigenvalue weighted by Gasteiger charge is -2.02. The van der Waals surface area contributed by atoms with Gasteiger partial charge in [-0.25, -0.2) is 0 Å². The van der Waals surface area contributed by atoms with Gasteiger partial charge in [-0.3, -0.25) is 4.79 Å². The van der Waals surface area contributed by atoms with E-state index in [0.29, 0.717) is 5.69 Å². The van der Waals surface area contributed by atoms with Gasteiger partial charge in [0.25, 0.3) is 0 Å². The zero-order chi connectivity index (χ0) is 10.8. The van der Waals surface area contributed by atoms with Crippen molar-refractivity contribution in [1.29, 1.82) is 5.26 Å². The number of carbonyl (C=O) groups excluding carboxylic acids is 1. The molecule has 1 aromatic heterocycles. The molecule has 0 aliphatic heterocycles. The maximum absolute atomic E-state index is 11.4. The number of Topliss-reactive ketones (excluding diaryl/α,β-unsaturated/α-hetero) is 1. The molecule has 1 aromatic carbocycles. The van der Waals surface area contributed by atoms with Crippen LogP contribution in [0.1, 0.15) is 17.4 Å². The van der Waals surface area contributed by atoms with Crippen molar-refractivity contribution in [3.05, 3.63) is 36.0 Å². The quantitative estimate of drug-likeness (QED) is 0.695. The van der Waals surface area contributed by atoms with Crippen LogP contribution in [0.3, 0.4) is 0 Å². The van der Waals surface area contributed by atoms with Gasteiger partial charge < -0.3 is 4.57 Å². The minimum Gasteiger partial charge on any atom is -0.324 e. The molecular formula is C12H10N2O. The van der Waals surface area contributed by atoms with E-state index in [1.54, 1.807) is 4.57 Å². The van der Waals surface area contributed by atoms with Gasteiger partial charge >= 0.3 is 0 Å². The monoisotopic (exact) mass is 198 g/mol. The highest BCUT2D eigenvalue weighted by molar-refractivity contribution is 5.98. The number of ketones is 1. The van der Waals surface area contributed by atoms with Crippen molar-refractivity contribution >= 4 is 16.7 Å². The summed E-state index contributed by atoms with van der Waals surface area (Å²) in [6.07, 6.45) is 0. The van der Waals surface area contributed by atoms with E-state index in [9.17, 15) is 4.79 Å². The average molecular weight is 198 g/mol. The fraction of sp³-hybridized carbons (Fsp3) is 0.167. The highest BCUT2D eigenvalue weighted by atomic mass is 16.1. The molecule has 1 heterocycles. The summed E-state index contributed by atoms with van der Waals surface area (Å²) in [5, 5.41) is 9.72. The molecule has 3 heteroatoms. The Kier molecular flexibility index (Phi) is 2.26. The molecule has 0 N–H and O–H groups in total. The van der Waals surface area contributed by atoms with Gasteiger partial charge in [0.1, 0.15) is 6.54 Å². The number of rotatable bonds is 2. The summed E-state index contributed by atoms with van der Waals surface area (Å²) >= 11 is 0. The molecule has 0 radical (unpaired) electrons. The molecule has 0 bridgehead atoms. The summed E-state index contributed by atoms with van der Waals surface area (Å²) in [5.74, 6) is -0.0125. The first-order chi connectivity index (χ1) is 7.24. The van der Waals surface area contributed by atoms with E-state index in [0.717, 1.165) is 10.9 Å². The van der Waals surface area contributed by atoms with Crippen LogP contribution in [0.15, 0.2) is 30.3 Å². The van der Waals surface area contributed by atoms with Crippen LogP contribution in [-0.4, -0.2) is 10.4 Å². The Morgan fingerprint density at radius 1 is 1.47 bits per heavy atom. The largest absolute Gasteiger partial charge is 0.324 e. The van der Waals surface area contributed by atoms with E-state index in [-0.39, 0.29) is 12.3 Å². The van der Waals surface area contributed by atoms with Gasteiger partial charge in [0.15, 0.2) is 5.78 Å². The lowest BCUT2D eigenvalue weighted by atomic mass is 10.2. The van der Waals surface area contributed by atoms with Crippen molar-refractivity contribution in [3.63, 3.8) is 0 Å². The van der Waals surface area contributed by atoms with Crippen LogP contribution in [-0.2, 0) is 6.54 Å². The molecule has 0 atom stereocenters. The van der Waals surface area contributed by atoms with Crippen LogP contribution in [0.25, 0.3) is 10.9 Å². The predicted octanol–water partition coefficient (Wildman–Crippen LogP) is 2.37. The number of aromatic nitrogens is 1. The smallest absolute Gasteiger partial charge is 0.176 e. The maximum atomic E-state index is 11.4. The van der Waals surface area contributed by atoms with Gasteiger partial charge in [-0.15, -0.1) is 0 Å². The first kappa shape index (κ1) is 9.47. The van der Waals surface area contributed by atoms with Crippen LogP contribution >= 0.6 is 0 Å². The molecule has 2 aromatic rings. The van der Waals surface area contributed by atoms with E-state index in [1.165, 1.54) is 6.92 Å². The molecule has 0 aliphatic rings. The number of benzene rings is 1. The highest BCUT2D eigenvalue weighted by Gasteiger charge is 2.10. The van der Waals surface area contributed by atoms with E-state index < -0.39 is 0 Å². The van der Waals surface area contributed by atoms with Crippen molar-refractivity contribution in [2.24, 2.45) is 0 Å². The predicted molar refractivity (Wildman–Crippen MR) is 57.6 cm³/mol. The zero-order valence-corrected chi connectivity index (χ0v) is 8.40. The van der Waals surface area contributed by atoms with Gasteiger partial charge in [0.2, 0.25) is 0 Å². The third-order valence-corrected chi connectivity index (χ3v) is 2.40. The molecule has 0 saturated heterocycles. The van der Waals surface area contributed by atoms with Gasteiger partial charge in [0.05, 0.1) is 11.8 Å². The second-order valence-corrected chi connectivity index (χ2v) is 3.39. The van der Waals surface area contributed by atoms with E-state index >= 15 is 0 Å². The number of nitrogens with zero attached hydrogens (tertiary/aromatic N) is 2. The second kappa shape index (κ2) is 3.58. The normalized spacial score (nSPS) is 10.1. The number of carbonyl (C=O) groups is 1. The van der Waals surface area contributed by atoms with Crippen molar-refractivity contribution < 1.29 is 4.79 Å². The summed E-state index contributed by atoms with van der Waals surface area (Å²) in [5.41, 5.74) is 1.53. The Morgan fingerprint density at radius 3 is 2.87 bits per heavy atom.